The van der Waals surface area contributed by atoms with E-state index in [2.05, 4.69) is 0 Å². The summed E-state index contributed by atoms with van der Waals surface area (Å²) in [7, 11) is 0. The first kappa shape index (κ1) is 31.4. The molecule has 0 heterocycles. The van der Waals surface area contributed by atoms with Crippen molar-refractivity contribution in [1.29, 1.82) is 0 Å². The average molecular weight is 198 g/mol. The van der Waals surface area contributed by atoms with Gasteiger partial charge in [0, 0.05) is 52.0 Å². The smallest absolute Gasteiger partial charge is 0.0149 e. The maximum atomic E-state index is 0. The largest absolute Gasteiger partial charge is 0.187 e. The van der Waals surface area contributed by atoms with E-state index in [4.69, 9.17) is 0 Å². The minimum Gasteiger partial charge on any atom is -0.0149 e. The third kappa shape index (κ3) is 8.82. The number of hydrogen-bond acceptors (Lipinski definition) is 0. The molecule has 0 aromatic heterocycles. The molecule has 0 aliphatic carbocycles. The average Bonchev–Trinajstić information content (AvgIpc) is 0. The number of rotatable bonds is 0. The fraction of sp³-hybridized carbons (Fsp3) is 0. The van der Waals surface area contributed by atoms with Gasteiger partial charge < -0.3 is 0 Å². The molecule has 4 heteroatoms. The zero-order valence-corrected chi connectivity index (χ0v) is 5.34. The Morgan fingerprint density at radius 2 is 1.00 bits per heavy atom. The standard InChI is InChI=1S/Al.Sc.H4Si.Zr.3H/h;;1H4;;;;. The molecule has 4 heavy (non-hydrogen) atoms. The molecule has 0 N–H and O–H groups in total. The molecule has 0 aliphatic rings. The molecule has 21 valence electrons. The van der Waals surface area contributed by atoms with Crippen LogP contribution in [0.3, 0.4) is 0 Å². The molecule has 0 aromatic rings. The first-order valence-electron chi connectivity index (χ1n) is 0. The molecule has 0 aliphatic heterocycles. The second-order valence-electron chi connectivity index (χ2n) is 0. The molecule has 0 atom stereocenters. The SMILES string of the molecule is [AlH3].[Sc].[SiH4].[Zr]. The van der Waals surface area contributed by atoms with Crippen LogP contribution in [0.1, 0.15) is 0 Å². The van der Waals surface area contributed by atoms with E-state index >= 15 is 0 Å². The van der Waals surface area contributed by atoms with E-state index in [0.29, 0.717) is 0 Å². The molecule has 0 rings (SSSR count). The Morgan fingerprint density at radius 1 is 1.00 bits per heavy atom. The van der Waals surface area contributed by atoms with Crippen LogP contribution in [-0.4, -0.2) is 28.3 Å². The predicted octanol–water partition coefficient (Wildman–Crippen LogP) is -2.64. The van der Waals surface area contributed by atoms with Gasteiger partial charge in [-0.15, -0.1) is 0 Å². The Kier molecular flexibility index (Phi) is 140. The van der Waals surface area contributed by atoms with Gasteiger partial charge in [-0.2, -0.15) is 0 Å². The Labute approximate surface area is 79.2 Å². The Bertz CT molecular complexity index is 8.00. The van der Waals surface area contributed by atoms with Gasteiger partial charge >= 0.3 is 0 Å². The van der Waals surface area contributed by atoms with Crippen molar-refractivity contribution in [3.63, 3.8) is 0 Å². The minimum absolute atomic E-state index is 0. The zero-order valence-electron chi connectivity index (χ0n) is 1.08. The van der Waals surface area contributed by atoms with Crippen LogP contribution < -0.4 is 0 Å². The molecule has 1 radical (unpaired) electrons. The van der Waals surface area contributed by atoms with Crippen LogP contribution in [0.25, 0.3) is 0 Å². The van der Waals surface area contributed by atoms with E-state index < -0.39 is 0 Å². The molecule has 0 fully saturated rings. The summed E-state index contributed by atoms with van der Waals surface area (Å²) in [4.78, 5) is 0. The molecular weight excluding hydrogens is 191 g/mol. The molecule has 0 aromatic carbocycles. The second-order valence-corrected chi connectivity index (χ2v) is 0. The van der Waals surface area contributed by atoms with Crippen LogP contribution in [0.4, 0.5) is 0 Å². The van der Waals surface area contributed by atoms with E-state index in [0.717, 1.165) is 0 Å². The Morgan fingerprint density at radius 3 is 1.00 bits per heavy atom. The molecular formula is H7AlScSiZr. The van der Waals surface area contributed by atoms with Gasteiger partial charge in [0.25, 0.3) is 0 Å². The van der Waals surface area contributed by atoms with Crippen LogP contribution in [0.5, 0.6) is 0 Å². The van der Waals surface area contributed by atoms with Crippen LogP contribution in [-0.2, 0) is 52.0 Å². The van der Waals surface area contributed by atoms with Gasteiger partial charge in [0.1, 0.15) is 0 Å². The Balaban J connectivity index is 0. The van der Waals surface area contributed by atoms with Crippen LogP contribution in [0.15, 0.2) is 0 Å². The second kappa shape index (κ2) is 17.8. The quantitative estimate of drug-likeness (QED) is 0.373. The van der Waals surface area contributed by atoms with E-state index in [9.17, 15) is 0 Å². The summed E-state index contributed by atoms with van der Waals surface area (Å²) in [6, 6.07) is 0. The van der Waals surface area contributed by atoms with Crippen LogP contribution >= 0.6 is 0 Å². The molecule has 0 spiro atoms. The van der Waals surface area contributed by atoms with Gasteiger partial charge in [-0.1, -0.05) is 0 Å². The van der Waals surface area contributed by atoms with Crippen molar-refractivity contribution in [2.45, 2.75) is 0 Å². The zero-order chi connectivity index (χ0) is 0. The van der Waals surface area contributed by atoms with Crippen molar-refractivity contribution in [1.82, 2.24) is 0 Å². The fourth-order valence-corrected chi connectivity index (χ4v) is 0. The van der Waals surface area contributed by atoms with Crippen molar-refractivity contribution in [3.8, 4) is 0 Å². The first-order valence-corrected chi connectivity index (χ1v) is 0. The molecule has 0 saturated heterocycles. The van der Waals surface area contributed by atoms with Crippen LogP contribution in [0, 0.1) is 0 Å². The molecule has 0 amide bonds. The van der Waals surface area contributed by atoms with E-state index in [1.807, 2.05) is 0 Å². The van der Waals surface area contributed by atoms with Crippen molar-refractivity contribution in [3.05, 3.63) is 0 Å². The van der Waals surface area contributed by atoms with Gasteiger partial charge in [-0.25, -0.2) is 0 Å². The summed E-state index contributed by atoms with van der Waals surface area (Å²) < 4.78 is 0. The third-order valence-corrected chi connectivity index (χ3v) is 0. The Hall–Kier alpha value is 2.50. The fourth-order valence-electron chi connectivity index (χ4n) is 0. The maximum Gasteiger partial charge on any atom is 0.187 e. The molecule has 0 unspecified atom stereocenters. The maximum absolute atomic E-state index is 0. The van der Waals surface area contributed by atoms with E-state index in [-0.39, 0.29) is 80.4 Å². The van der Waals surface area contributed by atoms with Crippen molar-refractivity contribution in [2.75, 3.05) is 0 Å². The minimum atomic E-state index is 0. The third-order valence-electron chi connectivity index (χ3n) is 0. The number of hydrogen-bond donors (Lipinski definition) is 0. The summed E-state index contributed by atoms with van der Waals surface area (Å²) in [5, 5.41) is 0. The van der Waals surface area contributed by atoms with Crippen molar-refractivity contribution < 1.29 is 52.0 Å². The topological polar surface area (TPSA) is 0 Å². The van der Waals surface area contributed by atoms with Gasteiger partial charge in [-0.3, -0.25) is 0 Å². The van der Waals surface area contributed by atoms with Crippen LogP contribution in [0.2, 0.25) is 0 Å². The molecule has 0 nitrogen and oxygen atoms in total. The normalized spacial score (nSPS) is 0. The molecule has 0 saturated carbocycles. The summed E-state index contributed by atoms with van der Waals surface area (Å²) >= 11 is 0. The van der Waals surface area contributed by atoms with Crippen molar-refractivity contribution >= 4 is 28.3 Å². The summed E-state index contributed by atoms with van der Waals surface area (Å²) in [6.07, 6.45) is 0. The van der Waals surface area contributed by atoms with Gasteiger partial charge in [0.2, 0.25) is 0 Å². The summed E-state index contributed by atoms with van der Waals surface area (Å²) in [5.74, 6) is 0. The monoisotopic (exact) mass is 197 g/mol. The first-order chi connectivity index (χ1) is 0. The van der Waals surface area contributed by atoms with Gasteiger partial charge in [0.15, 0.2) is 17.4 Å². The van der Waals surface area contributed by atoms with Gasteiger partial charge in [0.05, 0.1) is 0 Å². The van der Waals surface area contributed by atoms with Crippen molar-refractivity contribution in [2.24, 2.45) is 0 Å². The van der Waals surface area contributed by atoms with E-state index in [1.165, 1.54) is 0 Å². The predicted molar refractivity (Wildman–Crippen MR) is 21.3 cm³/mol. The molecule has 0 bridgehead atoms. The van der Waals surface area contributed by atoms with Gasteiger partial charge in [-0.05, 0) is 11.0 Å². The summed E-state index contributed by atoms with van der Waals surface area (Å²) in [6.45, 7) is 0. The van der Waals surface area contributed by atoms with E-state index in [1.54, 1.807) is 0 Å². The summed E-state index contributed by atoms with van der Waals surface area (Å²) in [5.41, 5.74) is 0.